The zero-order valence-corrected chi connectivity index (χ0v) is 13.5. The summed E-state index contributed by atoms with van der Waals surface area (Å²) in [6.45, 7) is 3.33. The molecule has 1 aliphatic heterocycles. The maximum absolute atomic E-state index is 12.1. The van der Waals surface area contributed by atoms with Crippen molar-refractivity contribution in [3.63, 3.8) is 0 Å². The number of carbonyl (C=O) groups excluding carboxylic acids is 1. The van der Waals surface area contributed by atoms with Crippen LogP contribution in [0.4, 0.5) is 16.2 Å². The van der Waals surface area contributed by atoms with Crippen molar-refractivity contribution in [3.05, 3.63) is 59.7 Å². The van der Waals surface area contributed by atoms with Gasteiger partial charge in [0, 0.05) is 28.7 Å². The molecule has 0 atom stereocenters. The normalized spacial score (nSPS) is 13.7. The number of aliphatic imine (C=N–C) groups is 1. The van der Waals surface area contributed by atoms with Crippen LogP contribution in [0.25, 0.3) is 0 Å². The third-order valence-electron chi connectivity index (χ3n) is 3.56. The first-order chi connectivity index (χ1) is 11.1. The molecule has 0 bridgehead atoms. The number of hydrogen-bond donors (Lipinski definition) is 2. The fourth-order valence-electron chi connectivity index (χ4n) is 2.39. The minimum atomic E-state index is -0.285. The van der Waals surface area contributed by atoms with Crippen molar-refractivity contribution in [3.8, 4) is 0 Å². The first-order valence-corrected chi connectivity index (χ1v) is 7.69. The maximum Gasteiger partial charge on any atom is 0.323 e. The average Bonchev–Trinajstić information content (AvgIpc) is 2.96. The number of nitrogens with one attached hydrogen (secondary N) is 2. The second-order valence-corrected chi connectivity index (χ2v) is 5.67. The minimum absolute atomic E-state index is 0.285. The van der Waals surface area contributed by atoms with Crippen LogP contribution < -0.4 is 10.6 Å². The summed E-state index contributed by atoms with van der Waals surface area (Å²) in [5.41, 5.74) is 3.36. The van der Waals surface area contributed by atoms with Crippen molar-refractivity contribution in [2.75, 3.05) is 23.7 Å². The molecule has 2 N–H and O–H groups in total. The summed E-state index contributed by atoms with van der Waals surface area (Å²) in [4.78, 5) is 16.5. The van der Waals surface area contributed by atoms with Gasteiger partial charge in [-0.2, -0.15) is 0 Å². The van der Waals surface area contributed by atoms with Gasteiger partial charge in [0.2, 0.25) is 0 Å². The van der Waals surface area contributed by atoms with Gasteiger partial charge in [0.1, 0.15) is 5.84 Å². The van der Waals surface area contributed by atoms with Crippen LogP contribution in [0.3, 0.4) is 0 Å². The Labute approximate surface area is 140 Å². The summed E-state index contributed by atoms with van der Waals surface area (Å²) in [6.07, 6.45) is 0. The van der Waals surface area contributed by atoms with E-state index in [0.29, 0.717) is 18.8 Å². The highest BCUT2D eigenvalue weighted by atomic mass is 35.5. The van der Waals surface area contributed by atoms with Crippen molar-refractivity contribution < 1.29 is 4.79 Å². The standard InChI is InChI=1S/C17H17ClN4O/c1-12-5-2-3-8-15(12)21-17(23)20-14-7-4-6-13(11-14)16-19-9-10-22(16)18/h2-8,11H,9-10H2,1H3,(H2,20,21,23). The molecule has 118 valence electrons. The lowest BCUT2D eigenvalue weighted by Crippen LogP contribution is -2.21. The summed E-state index contributed by atoms with van der Waals surface area (Å²) in [6, 6.07) is 14.8. The number of amidine groups is 1. The number of hydrogen-bond acceptors (Lipinski definition) is 3. The van der Waals surface area contributed by atoms with E-state index < -0.39 is 0 Å². The Bertz CT molecular complexity index is 760. The van der Waals surface area contributed by atoms with E-state index in [1.165, 1.54) is 0 Å². The average molecular weight is 329 g/mol. The number of carbonyl (C=O) groups is 1. The molecule has 0 fully saturated rings. The van der Waals surface area contributed by atoms with Crippen molar-refractivity contribution in [2.24, 2.45) is 4.99 Å². The van der Waals surface area contributed by atoms with Crippen LogP contribution in [0.2, 0.25) is 0 Å². The van der Waals surface area contributed by atoms with Crippen LogP contribution in [0.15, 0.2) is 53.5 Å². The number of nitrogens with zero attached hydrogens (tertiary/aromatic N) is 2. The van der Waals surface area contributed by atoms with Gasteiger partial charge in [-0.3, -0.25) is 9.41 Å². The highest BCUT2D eigenvalue weighted by Gasteiger charge is 2.17. The van der Waals surface area contributed by atoms with E-state index >= 15 is 0 Å². The molecule has 3 rings (SSSR count). The number of aryl methyl sites for hydroxylation is 1. The summed E-state index contributed by atoms with van der Waals surface area (Å²) >= 11 is 6.10. The molecule has 0 aromatic heterocycles. The summed E-state index contributed by atoms with van der Waals surface area (Å²) < 4.78 is 1.59. The van der Waals surface area contributed by atoms with E-state index in [9.17, 15) is 4.79 Å². The van der Waals surface area contributed by atoms with Crippen LogP contribution in [0.1, 0.15) is 11.1 Å². The highest BCUT2D eigenvalue weighted by Crippen LogP contribution is 2.18. The quantitative estimate of drug-likeness (QED) is 0.841. The molecule has 5 nitrogen and oxygen atoms in total. The fraction of sp³-hybridized carbons (Fsp3) is 0.176. The van der Waals surface area contributed by atoms with E-state index in [0.717, 1.165) is 22.6 Å². The van der Waals surface area contributed by atoms with Crippen molar-refractivity contribution in [1.82, 2.24) is 4.42 Å². The Morgan fingerprint density at radius 3 is 2.74 bits per heavy atom. The topological polar surface area (TPSA) is 56.7 Å². The number of anilines is 2. The third kappa shape index (κ3) is 3.63. The molecule has 6 heteroatoms. The van der Waals surface area contributed by atoms with E-state index in [1.54, 1.807) is 4.42 Å². The molecule has 0 radical (unpaired) electrons. The molecule has 0 unspecified atom stereocenters. The molecule has 2 aromatic carbocycles. The van der Waals surface area contributed by atoms with Crippen LogP contribution >= 0.6 is 11.8 Å². The second kappa shape index (κ2) is 6.71. The predicted molar refractivity (Wildman–Crippen MR) is 94.2 cm³/mol. The summed E-state index contributed by atoms with van der Waals surface area (Å²) in [5.74, 6) is 0.731. The van der Waals surface area contributed by atoms with Gasteiger partial charge in [-0.25, -0.2) is 4.79 Å². The van der Waals surface area contributed by atoms with Gasteiger partial charge in [-0.05, 0) is 30.7 Å². The van der Waals surface area contributed by atoms with E-state index in [4.69, 9.17) is 11.8 Å². The lowest BCUT2D eigenvalue weighted by molar-refractivity contribution is 0.262. The molecule has 23 heavy (non-hydrogen) atoms. The Morgan fingerprint density at radius 2 is 2.00 bits per heavy atom. The molecule has 0 spiro atoms. The van der Waals surface area contributed by atoms with Crippen LogP contribution in [0.5, 0.6) is 0 Å². The molecule has 1 aliphatic rings. The molecule has 1 heterocycles. The van der Waals surface area contributed by atoms with Gasteiger partial charge in [-0.1, -0.05) is 30.3 Å². The Morgan fingerprint density at radius 1 is 1.17 bits per heavy atom. The first-order valence-electron chi connectivity index (χ1n) is 7.35. The Balaban J connectivity index is 1.71. The lowest BCUT2D eigenvalue weighted by atomic mass is 10.2. The monoisotopic (exact) mass is 328 g/mol. The van der Waals surface area contributed by atoms with Gasteiger partial charge in [0.05, 0.1) is 13.1 Å². The van der Waals surface area contributed by atoms with E-state index in [1.807, 2.05) is 55.5 Å². The smallest absolute Gasteiger partial charge is 0.308 e. The van der Waals surface area contributed by atoms with Crippen LogP contribution in [-0.4, -0.2) is 29.4 Å². The number of para-hydroxylation sites is 1. The molecular formula is C17H17ClN4O. The molecule has 2 aromatic rings. The SMILES string of the molecule is Cc1ccccc1NC(=O)Nc1cccc(C2=NCCN2Cl)c1. The van der Waals surface area contributed by atoms with Gasteiger partial charge >= 0.3 is 6.03 Å². The van der Waals surface area contributed by atoms with E-state index in [-0.39, 0.29) is 6.03 Å². The Hall–Kier alpha value is -2.53. The summed E-state index contributed by atoms with van der Waals surface area (Å²) in [5, 5.41) is 5.67. The summed E-state index contributed by atoms with van der Waals surface area (Å²) in [7, 11) is 0. The van der Waals surface area contributed by atoms with E-state index in [2.05, 4.69) is 15.6 Å². The largest absolute Gasteiger partial charge is 0.323 e. The minimum Gasteiger partial charge on any atom is -0.308 e. The number of benzene rings is 2. The van der Waals surface area contributed by atoms with Crippen LogP contribution in [0, 0.1) is 6.92 Å². The van der Waals surface area contributed by atoms with Gasteiger partial charge in [0.15, 0.2) is 0 Å². The molecular weight excluding hydrogens is 312 g/mol. The Kier molecular flexibility index (Phi) is 4.48. The van der Waals surface area contributed by atoms with Crippen molar-refractivity contribution in [2.45, 2.75) is 6.92 Å². The van der Waals surface area contributed by atoms with Gasteiger partial charge in [-0.15, -0.1) is 0 Å². The number of halogens is 1. The first kappa shape index (κ1) is 15.4. The molecule has 0 saturated carbocycles. The predicted octanol–water partition coefficient (Wildman–Crippen LogP) is 3.86. The lowest BCUT2D eigenvalue weighted by Gasteiger charge is -2.13. The highest BCUT2D eigenvalue weighted by molar-refractivity contribution is 6.26. The number of urea groups is 1. The molecule has 0 saturated heterocycles. The zero-order chi connectivity index (χ0) is 16.2. The third-order valence-corrected chi connectivity index (χ3v) is 3.89. The molecule has 2 amide bonds. The van der Waals surface area contributed by atoms with Gasteiger partial charge in [0.25, 0.3) is 0 Å². The second-order valence-electron chi connectivity index (χ2n) is 5.27. The maximum atomic E-state index is 12.1. The number of rotatable bonds is 3. The van der Waals surface area contributed by atoms with Crippen molar-refractivity contribution >= 4 is 35.0 Å². The van der Waals surface area contributed by atoms with Crippen LogP contribution in [-0.2, 0) is 0 Å². The van der Waals surface area contributed by atoms with Gasteiger partial charge < -0.3 is 10.6 Å². The fourth-order valence-corrected chi connectivity index (χ4v) is 2.62. The number of amides is 2. The zero-order valence-electron chi connectivity index (χ0n) is 12.7. The molecule has 0 aliphatic carbocycles. The van der Waals surface area contributed by atoms with Crippen molar-refractivity contribution in [1.29, 1.82) is 0 Å².